The van der Waals surface area contributed by atoms with Gasteiger partial charge in [0.15, 0.2) is 0 Å². The first-order valence-corrected chi connectivity index (χ1v) is 9.80. The number of hydroxylamine groups is 2. The minimum absolute atomic E-state index is 0.0451. The van der Waals surface area contributed by atoms with Crippen LogP contribution in [0.1, 0.15) is 38.5 Å². The van der Waals surface area contributed by atoms with Gasteiger partial charge in [0.05, 0.1) is 18.7 Å². The fraction of sp³-hybridized carbons (Fsp3) is 0.778. The van der Waals surface area contributed by atoms with Crippen molar-refractivity contribution in [1.82, 2.24) is 5.06 Å². The number of hydrogen-bond donors (Lipinski definition) is 5. The third-order valence-corrected chi connectivity index (χ3v) is 5.25. The molecule has 0 bridgehead atoms. The van der Waals surface area contributed by atoms with Crippen molar-refractivity contribution in [3.05, 3.63) is 0 Å². The van der Waals surface area contributed by atoms with Crippen LogP contribution < -0.4 is 0 Å². The lowest BCUT2D eigenvalue weighted by Crippen LogP contribution is -2.46. The van der Waals surface area contributed by atoms with E-state index in [1.54, 1.807) is 0 Å². The van der Waals surface area contributed by atoms with Crippen LogP contribution in [0.15, 0.2) is 5.16 Å². The summed E-state index contributed by atoms with van der Waals surface area (Å²) in [5.74, 6) is -1.96. The first kappa shape index (κ1) is 24.2. The van der Waals surface area contributed by atoms with Crippen LogP contribution in [-0.4, -0.2) is 92.2 Å². The summed E-state index contributed by atoms with van der Waals surface area (Å²) >= 11 is 0. The molecule has 1 aliphatic heterocycles. The summed E-state index contributed by atoms with van der Waals surface area (Å²) in [5, 5.41) is 50.9. The number of nitrogens with zero attached hydrogens (tertiary/aromatic N) is 2. The minimum Gasteiger partial charge on any atom is -0.396 e. The van der Waals surface area contributed by atoms with Gasteiger partial charge in [-0.25, -0.2) is 4.79 Å². The molecule has 0 spiro atoms. The highest BCUT2D eigenvalue weighted by Crippen LogP contribution is 2.30. The number of amides is 2. The predicted molar refractivity (Wildman–Crippen MR) is 98.2 cm³/mol. The van der Waals surface area contributed by atoms with Crippen molar-refractivity contribution in [2.75, 3.05) is 13.2 Å². The van der Waals surface area contributed by atoms with Gasteiger partial charge in [-0.15, -0.1) is 5.06 Å². The Morgan fingerprint density at radius 3 is 2.23 bits per heavy atom. The molecule has 0 aromatic carbocycles. The highest BCUT2D eigenvalue weighted by molar-refractivity contribution is 6.01. The van der Waals surface area contributed by atoms with Crippen LogP contribution in [0.5, 0.6) is 0 Å². The van der Waals surface area contributed by atoms with E-state index < -0.39 is 54.7 Å². The molecule has 2 aliphatic rings. The molecule has 1 saturated carbocycles. The molecule has 30 heavy (non-hydrogen) atoms. The van der Waals surface area contributed by atoms with Crippen molar-refractivity contribution >= 4 is 24.0 Å². The molecule has 12 heteroatoms. The van der Waals surface area contributed by atoms with Gasteiger partial charge in [-0.2, -0.15) is 0 Å². The molecular formula is C18H28N2O10. The van der Waals surface area contributed by atoms with E-state index in [1.165, 1.54) is 0 Å². The molecule has 1 aliphatic carbocycles. The van der Waals surface area contributed by atoms with Crippen LogP contribution in [0.2, 0.25) is 0 Å². The van der Waals surface area contributed by atoms with Crippen LogP contribution in [-0.2, 0) is 24.1 Å². The Labute approximate surface area is 172 Å². The number of rotatable bonds is 10. The number of imide groups is 1. The molecule has 1 heterocycles. The molecular weight excluding hydrogens is 404 g/mol. The quantitative estimate of drug-likeness (QED) is 0.145. The number of aliphatic hydroxyl groups excluding tert-OH is 5. The number of carbonyl (C=O) groups is 3. The van der Waals surface area contributed by atoms with Gasteiger partial charge in [-0.05, 0) is 31.6 Å². The maximum absolute atomic E-state index is 12.1. The second-order valence-corrected chi connectivity index (χ2v) is 7.48. The van der Waals surface area contributed by atoms with Crippen LogP contribution in [0.4, 0.5) is 0 Å². The van der Waals surface area contributed by atoms with Crippen molar-refractivity contribution < 1.29 is 49.6 Å². The largest absolute Gasteiger partial charge is 0.396 e. The lowest BCUT2D eigenvalue weighted by molar-refractivity contribution is -0.201. The van der Waals surface area contributed by atoms with Crippen molar-refractivity contribution in [1.29, 1.82) is 0 Å². The maximum Gasteiger partial charge on any atom is 0.336 e. The highest BCUT2D eigenvalue weighted by atomic mass is 16.7. The molecule has 4 atom stereocenters. The van der Waals surface area contributed by atoms with E-state index in [0.717, 1.165) is 6.21 Å². The number of hydrogen-bond acceptors (Lipinski definition) is 11. The van der Waals surface area contributed by atoms with Crippen LogP contribution in [0.3, 0.4) is 0 Å². The third kappa shape index (κ3) is 6.44. The molecule has 0 aromatic rings. The van der Waals surface area contributed by atoms with Gasteiger partial charge in [0.2, 0.25) is 0 Å². The number of oxime groups is 1. The Morgan fingerprint density at radius 2 is 1.67 bits per heavy atom. The summed E-state index contributed by atoms with van der Waals surface area (Å²) in [5.41, 5.74) is 0. The summed E-state index contributed by atoms with van der Waals surface area (Å²) in [6.45, 7) is -0.578. The monoisotopic (exact) mass is 432 g/mol. The third-order valence-electron chi connectivity index (χ3n) is 5.25. The molecule has 12 nitrogen and oxygen atoms in total. The normalized spacial score (nSPS) is 26.5. The molecule has 2 amide bonds. The average molecular weight is 432 g/mol. The van der Waals surface area contributed by atoms with E-state index in [9.17, 15) is 34.8 Å². The van der Waals surface area contributed by atoms with Gasteiger partial charge in [0.25, 0.3) is 11.8 Å². The van der Waals surface area contributed by atoms with Crippen LogP contribution in [0, 0.1) is 11.8 Å². The Bertz CT molecular complexity index is 618. The molecule has 2 rings (SSSR count). The zero-order chi connectivity index (χ0) is 22.3. The summed E-state index contributed by atoms with van der Waals surface area (Å²) in [4.78, 5) is 45.2. The van der Waals surface area contributed by atoms with Crippen molar-refractivity contribution in [3.63, 3.8) is 0 Å². The van der Waals surface area contributed by atoms with E-state index in [1.807, 2.05) is 0 Å². The van der Waals surface area contributed by atoms with E-state index in [2.05, 4.69) is 5.16 Å². The van der Waals surface area contributed by atoms with Gasteiger partial charge in [-0.1, -0.05) is 5.16 Å². The first-order chi connectivity index (χ1) is 14.2. The van der Waals surface area contributed by atoms with Gasteiger partial charge < -0.3 is 35.2 Å². The van der Waals surface area contributed by atoms with Crippen molar-refractivity contribution in [3.8, 4) is 0 Å². The second kappa shape index (κ2) is 11.3. The Morgan fingerprint density at radius 1 is 1.07 bits per heavy atom. The summed E-state index contributed by atoms with van der Waals surface area (Å²) in [7, 11) is 0. The topological polar surface area (TPSA) is 186 Å². The van der Waals surface area contributed by atoms with Gasteiger partial charge in [0, 0.05) is 12.8 Å². The van der Waals surface area contributed by atoms with Crippen LogP contribution >= 0.6 is 0 Å². The maximum atomic E-state index is 12.1. The SMILES string of the molecule is O=C(ON1C(=O)CCC1=O)C1CCC(CO/N=C/[C@H](O)[C@@H](O)[C@H](O)[C@H](O)CO)CC1. The second-order valence-electron chi connectivity index (χ2n) is 7.48. The molecule has 5 N–H and O–H groups in total. The van der Waals surface area contributed by atoms with Crippen LogP contribution in [0.25, 0.3) is 0 Å². The molecule has 0 unspecified atom stereocenters. The molecule has 0 radical (unpaired) electrons. The van der Waals surface area contributed by atoms with E-state index in [4.69, 9.17) is 14.8 Å². The Kier molecular flexibility index (Phi) is 9.11. The Hall–Kier alpha value is -2.12. The van der Waals surface area contributed by atoms with Gasteiger partial charge in [-0.3, -0.25) is 9.59 Å². The summed E-state index contributed by atoms with van der Waals surface area (Å²) < 4.78 is 0. The lowest BCUT2D eigenvalue weighted by atomic mass is 9.82. The van der Waals surface area contributed by atoms with Crippen molar-refractivity contribution in [2.24, 2.45) is 17.0 Å². The molecule has 0 aromatic heterocycles. The fourth-order valence-corrected chi connectivity index (χ4v) is 3.27. The summed E-state index contributed by atoms with van der Waals surface area (Å²) in [6.07, 6.45) is -3.51. The minimum atomic E-state index is -1.75. The average Bonchev–Trinajstić information content (AvgIpc) is 3.07. The zero-order valence-electron chi connectivity index (χ0n) is 16.4. The van der Waals surface area contributed by atoms with E-state index in [0.29, 0.717) is 30.7 Å². The predicted octanol–water partition coefficient (Wildman–Crippen LogP) is -2.16. The number of carbonyl (C=O) groups excluding carboxylic acids is 3. The smallest absolute Gasteiger partial charge is 0.336 e. The highest BCUT2D eigenvalue weighted by Gasteiger charge is 2.36. The zero-order valence-corrected chi connectivity index (χ0v) is 16.4. The first-order valence-electron chi connectivity index (χ1n) is 9.80. The van der Waals surface area contributed by atoms with Gasteiger partial charge >= 0.3 is 5.97 Å². The van der Waals surface area contributed by atoms with E-state index in [-0.39, 0.29) is 25.4 Å². The number of aliphatic hydroxyl groups is 5. The lowest BCUT2D eigenvalue weighted by Gasteiger charge is -2.27. The Balaban J connectivity index is 1.67. The summed E-state index contributed by atoms with van der Waals surface area (Å²) in [6, 6.07) is 0. The standard InChI is InChI=1S/C18H28N2O10/c21-8-13(23)17(27)16(26)12(22)7-19-29-9-10-1-3-11(4-2-10)18(28)30-20-14(24)5-6-15(20)25/h7,10-13,16-17,21-23,26-27H,1-6,8-9H2/b19-7+/t10?,11?,12-,13+,16+,17+/m0/s1. The molecule has 1 saturated heterocycles. The molecule has 170 valence electrons. The van der Waals surface area contributed by atoms with Gasteiger partial charge in [0.1, 0.15) is 31.0 Å². The molecule has 2 fully saturated rings. The fourth-order valence-electron chi connectivity index (χ4n) is 3.27. The van der Waals surface area contributed by atoms with Crippen molar-refractivity contribution in [2.45, 2.75) is 62.9 Å². The van der Waals surface area contributed by atoms with E-state index >= 15 is 0 Å².